The Bertz CT molecular complexity index is 487. The summed E-state index contributed by atoms with van der Waals surface area (Å²) in [6, 6.07) is 4.04. The van der Waals surface area contributed by atoms with Gasteiger partial charge < -0.3 is 19.9 Å². The molecule has 1 aliphatic rings. The van der Waals surface area contributed by atoms with Crippen molar-refractivity contribution in [2.24, 2.45) is 5.73 Å². The van der Waals surface area contributed by atoms with Crippen LogP contribution in [0.4, 0.5) is 0 Å². The third-order valence-corrected chi connectivity index (χ3v) is 3.35. The number of benzene rings is 1. The zero-order valence-corrected chi connectivity index (χ0v) is 12.0. The number of hydrogen-bond acceptors (Lipinski definition) is 5. The molecule has 0 fully saturated rings. The summed E-state index contributed by atoms with van der Waals surface area (Å²) in [5.74, 6) is 1.14. The highest BCUT2D eigenvalue weighted by Crippen LogP contribution is 2.38. The fourth-order valence-electron chi connectivity index (χ4n) is 2.47. The average Bonchev–Trinajstić information content (AvgIpc) is 2.80. The molecule has 0 spiro atoms. The second-order valence-electron chi connectivity index (χ2n) is 4.81. The summed E-state index contributed by atoms with van der Waals surface area (Å²) >= 11 is 0. The van der Waals surface area contributed by atoms with Crippen LogP contribution in [0, 0.1) is 0 Å². The number of rotatable bonds is 6. The van der Waals surface area contributed by atoms with Gasteiger partial charge in [0.2, 0.25) is 0 Å². The van der Waals surface area contributed by atoms with Crippen molar-refractivity contribution in [2.75, 3.05) is 20.3 Å². The van der Waals surface area contributed by atoms with E-state index >= 15 is 0 Å². The Hall–Kier alpha value is -1.75. The summed E-state index contributed by atoms with van der Waals surface area (Å²) < 4.78 is 16.0. The second-order valence-corrected chi connectivity index (χ2v) is 4.81. The Kier molecular flexibility index (Phi) is 4.84. The number of methoxy groups -OCH3 is 1. The van der Waals surface area contributed by atoms with Gasteiger partial charge in [-0.1, -0.05) is 6.07 Å². The molecule has 5 heteroatoms. The quantitative estimate of drug-likeness (QED) is 0.798. The molecule has 0 amide bonds. The summed E-state index contributed by atoms with van der Waals surface area (Å²) in [5.41, 5.74) is 8.29. The van der Waals surface area contributed by atoms with Crippen molar-refractivity contribution in [3.63, 3.8) is 0 Å². The lowest BCUT2D eigenvalue weighted by molar-refractivity contribution is -0.143. The molecule has 0 bridgehead atoms. The van der Waals surface area contributed by atoms with Crippen molar-refractivity contribution < 1.29 is 19.0 Å². The number of fused-ring (bicyclic) bond motifs is 1. The second kappa shape index (κ2) is 6.61. The number of esters is 1. The fraction of sp³-hybridized carbons (Fsp3) is 0.533. The van der Waals surface area contributed by atoms with Crippen LogP contribution in [-0.4, -0.2) is 32.3 Å². The van der Waals surface area contributed by atoms with E-state index in [0.717, 1.165) is 18.4 Å². The molecule has 2 rings (SSSR count). The van der Waals surface area contributed by atoms with Gasteiger partial charge >= 0.3 is 5.97 Å². The first-order valence-electron chi connectivity index (χ1n) is 6.88. The third kappa shape index (κ3) is 3.22. The first-order chi connectivity index (χ1) is 9.65. The molecule has 0 aliphatic heterocycles. The van der Waals surface area contributed by atoms with Gasteiger partial charge in [-0.3, -0.25) is 4.79 Å². The predicted molar refractivity (Wildman–Crippen MR) is 75.1 cm³/mol. The minimum Gasteiger partial charge on any atom is -0.493 e. The summed E-state index contributed by atoms with van der Waals surface area (Å²) in [7, 11) is 1.61. The van der Waals surface area contributed by atoms with Crippen LogP contribution in [0.1, 0.15) is 24.5 Å². The molecule has 2 N–H and O–H groups in total. The highest BCUT2D eigenvalue weighted by Gasteiger charge is 2.24. The molecule has 20 heavy (non-hydrogen) atoms. The number of ether oxygens (including phenoxy) is 3. The SMILES string of the molecule is CCOC(=O)CCOc1c(OC)ccc2c1CC(N)C2. The topological polar surface area (TPSA) is 70.8 Å². The third-order valence-electron chi connectivity index (χ3n) is 3.35. The van der Waals surface area contributed by atoms with E-state index in [1.807, 2.05) is 12.1 Å². The summed E-state index contributed by atoms with van der Waals surface area (Å²) in [6.45, 7) is 2.45. The molecule has 1 aromatic rings. The molecule has 0 radical (unpaired) electrons. The smallest absolute Gasteiger partial charge is 0.309 e. The van der Waals surface area contributed by atoms with E-state index in [1.54, 1.807) is 14.0 Å². The minimum atomic E-state index is -0.254. The van der Waals surface area contributed by atoms with E-state index in [2.05, 4.69) is 0 Å². The fourth-order valence-corrected chi connectivity index (χ4v) is 2.47. The van der Waals surface area contributed by atoms with Crippen molar-refractivity contribution in [3.05, 3.63) is 23.3 Å². The van der Waals surface area contributed by atoms with Gasteiger partial charge in [-0.2, -0.15) is 0 Å². The Morgan fingerprint density at radius 1 is 1.40 bits per heavy atom. The molecule has 0 aromatic heterocycles. The lowest BCUT2D eigenvalue weighted by Gasteiger charge is -2.14. The van der Waals surface area contributed by atoms with Crippen molar-refractivity contribution in [3.8, 4) is 11.5 Å². The van der Waals surface area contributed by atoms with Gasteiger partial charge in [0.1, 0.15) is 0 Å². The van der Waals surface area contributed by atoms with Crippen molar-refractivity contribution >= 4 is 5.97 Å². The van der Waals surface area contributed by atoms with E-state index in [-0.39, 0.29) is 25.0 Å². The Labute approximate surface area is 119 Å². The van der Waals surface area contributed by atoms with E-state index < -0.39 is 0 Å². The maximum atomic E-state index is 11.3. The summed E-state index contributed by atoms with van der Waals surface area (Å²) in [6.07, 6.45) is 1.86. The Morgan fingerprint density at radius 2 is 2.20 bits per heavy atom. The van der Waals surface area contributed by atoms with Crippen LogP contribution in [0.25, 0.3) is 0 Å². The maximum absolute atomic E-state index is 11.3. The minimum absolute atomic E-state index is 0.129. The highest BCUT2D eigenvalue weighted by atomic mass is 16.5. The zero-order valence-electron chi connectivity index (χ0n) is 12.0. The molecular formula is C15H21NO4. The molecular weight excluding hydrogens is 258 g/mol. The lowest BCUT2D eigenvalue weighted by atomic mass is 10.1. The summed E-state index contributed by atoms with van der Waals surface area (Å²) in [5, 5.41) is 0. The van der Waals surface area contributed by atoms with Crippen LogP contribution >= 0.6 is 0 Å². The normalized spacial score (nSPS) is 16.6. The highest BCUT2D eigenvalue weighted by molar-refractivity contribution is 5.69. The number of hydrogen-bond donors (Lipinski definition) is 1. The van der Waals surface area contributed by atoms with Gasteiger partial charge in [-0.05, 0) is 31.4 Å². The molecule has 1 unspecified atom stereocenters. The lowest BCUT2D eigenvalue weighted by Crippen LogP contribution is -2.19. The molecule has 1 aromatic carbocycles. The first-order valence-corrected chi connectivity index (χ1v) is 6.88. The van der Waals surface area contributed by atoms with E-state index in [1.165, 1.54) is 5.56 Å². The number of nitrogens with two attached hydrogens (primary N) is 1. The molecule has 0 heterocycles. The first kappa shape index (κ1) is 14.7. The largest absolute Gasteiger partial charge is 0.493 e. The molecule has 1 aliphatic carbocycles. The van der Waals surface area contributed by atoms with Gasteiger partial charge in [0, 0.05) is 11.6 Å². The number of carbonyl (C=O) groups is 1. The standard InChI is InChI=1S/C15H21NO4/c1-3-19-14(17)6-7-20-15-12-9-11(16)8-10(12)4-5-13(15)18-2/h4-5,11H,3,6-9,16H2,1-2H3. The van der Waals surface area contributed by atoms with Crippen molar-refractivity contribution in [1.29, 1.82) is 0 Å². The average molecular weight is 279 g/mol. The zero-order chi connectivity index (χ0) is 14.5. The molecule has 110 valence electrons. The van der Waals surface area contributed by atoms with Crippen LogP contribution in [0.5, 0.6) is 11.5 Å². The van der Waals surface area contributed by atoms with Gasteiger partial charge in [0.25, 0.3) is 0 Å². The molecule has 1 atom stereocenters. The summed E-state index contributed by atoms with van der Waals surface area (Å²) in [4.78, 5) is 11.3. The van der Waals surface area contributed by atoms with Gasteiger partial charge in [0.15, 0.2) is 11.5 Å². The maximum Gasteiger partial charge on any atom is 0.309 e. The van der Waals surface area contributed by atoms with Crippen LogP contribution in [0.15, 0.2) is 12.1 Å². The molecule has 0 saturated carbocycles. The Morgan fingerprint density at radius 3 is 2.90 bits per heavy atom. The van der Waals surface area contributed by atoms with Crippen LogP contribution in [0.3, 0.4) is 0 Å². The molecule has 5 nitrogen and oxygen atoms in total. The molecule has 0 saturated heterocycles. The number of carbonyl (C=O) groups excluding carboxylic acids is 1. The van der Waals surface area contributed by atoms with E-state index in [4.69, 9.17) is 19.9 Å². The van der Waals surface area contributed by atoms with Gasteiger partial charge in [-0.25, -0.2) is 0 Å². The van der Waals surface area contributed by atoms with Crippen LogP contribution in [0.2, 0.25) is 0 Å². The van der Waals surface area contributed by atoms with Crippen molar-refractivity contribution in [2.45, 2.75) is 32.2 Å². The predicted octanol–water partition coefficient (Wildman–Crippen LogP) is 1.45. The van der Waals surface area contributed by atoms with E-state index in [9.17, 15) is 4.79 Å². The van der Waals surface area contributed by atoms with E-state index in [0.29, 0.717) is 18.1 Å². The van der Waals surface area contributed by atoms with Crippen LogP contribution in [-0.2, 0) is 22.4 Å². The van der Waals surface area contributed by atoms with Gasteiger partial charge in [0.05, 0.1) is 26.7 Å². The Balaban J connectivity index is 2.07. The van der Waals surface area contributed by atoms with Crippen LogP contribution < -0.4 is 15.2 Å². The monoisotopic (exact) mass is 279 g/mol. The van der Waals surface area contributed by atoms with Gasteiger partial charge in [-0.15, -0.1) is 0 Å². The van der Waals surface area contributed by atoms with Crippen molar-refractivity contribution in [1.82, 2.24) is 0 Å².